The van der Waals surface area contributed by atoms with E-state index in [1.165, 1.54) is 44.9 Å². The molecule has 5 fully saturated rings. The highest BCUT2D eigenvalue weighted by atomic mass is 16.6. The lowest BCUT2D eigenvalue weighted by molar-refractivity contribution is -0.127. The highest BCUT2D eigenvalue weighted by Gasteiger charge is 2.87. The van der Waals surface area contributed by atoms with Crippen LogP contribution in [0.2, 0.25) is 0 Å². The zero-order chi connectivity index (χ0) is 21.5. The Morgan fingerprint density at radius 3 is 2.47 bits per heavy atom. The van der Waals surface area contributed by atoms with Crippen LogP contribution in [-0.2, 0) is 4.74 Å². The molecule has 0 bridgehead atoms. The predicted molar refractivity (Wildman–Crippen MR) is 120 cm³/mol. The highest BCUT2D eigenvalue weighted by Crippen LogP contribution is 2.81. The van der Waals surface area contributed by atoms with Gasteiger partial charge in [-0.05, 0) is 80.0 Å². The van der Waals surface area contributed by atoms with Crippen molar-refractivity contribution >= 4 is 0 Å². The smallest absolute Gasteiger partial charge is 0.104 e. The van der Waals surface area contributed by atoms with E-state index >= 15 is 0 Å². The molecule has 1 saturated heterocycles. The van der Waals surface area contributed by atoms with Gasteiger partial charge in [0.25, 0.3) is 0 Å². The summed E-state index contributed by atoms with van der Waals surface area (Å²) in [5, 5.41) is 21.6. The zero-order valence-electron chi connectivity index (χ0n) is 20.1. The van der Waals surface area contributed by atoms with Gasteiger partial charge in [0.15, 0.2) is 0 Å². The van der Waals surface area contributed by atoms with Crippen molar-refractivity contribution in [2.24, 2.45) is 40.4 Å². The topological polar surface area (TPSA) is 53.0 Å². The van der Waals surface area contributed by atoms with Gasteiger partial charge in [0.05, 0.1) is 12.2 Å². The van der Waals surface area contributed by atoms with Crippen LogP contribution in [0.5, 0.6) is 0 Å². The molecule has 0 spiro atoms. The Morgan fingerprint density at radius 1 is 0.967 bits per heavy atom. The molecule has 4 saturated carbocycles. The van der Waals surface area contributed by atoms with Gasteiger partial charge in [-0.1, -0.05) is 53.9 Å². The summed E-state index contributed by atoms with van der Waals surface area (Å²) >= 11 is 0. The third-order valence-electron chi connectivity index (χ3n) is 11.4. The Hall–Kier alpha value is -0.120. The summed E-state index contributed by atoms with van der Waals surface area (Å²) in [5.74, 6) is 3.22. The molecule has 30 heavy (non-hydrogen) atoms. The average molecular weight is 419 g/mol. The fraction of sp³-hybridized carbons (Fsp3) is 1.00. The van der Waals surface area contributed by atoms with Crippen LogP contribution >= 0.6 is 0 Å². The van der Waals surface area contributed by atoms with E-state index < -0.39 is 0 Å². The number of epoxide rings is 1. The third kappa shape index (κ3) is 2.67. The van der Waals surface area contributed by atoms with Crippen LogP contribution in [0.3, 0.4) is 0 Å². The molecular weight excluding hydrogens is 372 g/mol. The summed E-state index contributed by atoms with van der Waals surface area (Å²) in [6.45, 7) is 12.2. The standard InChI is InChI=1S/C27H46O3/c1-17(2)7-6-8-18(3)20-9-10-23-24(20,4)13-14-27-25(5)12-11-19(28)15-21(25)22(29)16-26(23,27)30-27/h17-23,28-29H,6-16H2,1-5H3. The van der Waals surface area contributed by atoms with Crippen molar-refractivity contribution in [1.29, 1.82) is 0 Å². The molecule has 10 atom stereocenters. The van der Waals surface area contributed by atoms with Crippen molar-refractivity contribution in [3.05, 3.63) is 0 Å². The van der Waals surface area contributed by atoms with E-state index in [1.807, 2.05) is 0 Å². The molecule has 1 aliphatic heterocycles. The Kier molecular flexibility index (Phi) is 5.02. The number of aliphatic hydroxyl groups excluding tert-OH is 2. The number of hydrogen-bond acceptors (Lipinski definition) is 3. The molecule has 3 heteroatoms. The molecule has 4 aliphatic carbocycles. The molecule has 172 valence electrons. The van der Waals surface area contributed by atoms with Crippen molar-refractivity contribution in [1.82, 2.24) is 0 Å². The number of rotatable bonds is 5. The van der Waals surface area contributed by atoms with Crippen LogP contribution in [0.15, 0.2) is 0 Å². The minimum atomic E-state index is -0.314. The monoisotopic (exact) mass is 418 g/mol. The van der Waals surface area contributed by atoms with Crippen LogP contribution in [0, 0.1) is 40.4 Å². The second-order valence-electron chi connectivity index (χ2n) is 13.1. The number of aliphatic hydroxyl groups is 2. The van der Waals surface area contributed by atoms with Gasteiger partial charge in [-0.2, -0.15) is 0 Å². The first-order valence-electron chi connectivity index (χ1n) is 13.2. The van der Waals surface area contributed by atoms with Crippen LogP contribution in [-0.4, -0.2) is 33.6 Å². The SMILES string of the molecule is CC(C)CCCC(C)C1CCC2C1(C)CCC13OC21CC(O)C1CC(O)CCC13C. The molecule has 0 aromatic carbocycles. The molecule has 1 heterocycles. The Morgan fingerprint density at radius 2 is 1.73 bits per heavy atom. The van der Waals surface area contributed by atoms with E-state index in [2.05, 4.69) is 34.6 Å². The van der Waals surface area contributed by atoms with Gasteiger partial charge in [-0.15, -0.1) is 0 Å². The van der Waals surface area contributed by atoms with Crippen LogP contribution < -0.4 is 0 Å². The van der Waals surface area contributed by atoms with Gasteiger partial charge >= 0.3 is 0 Å². The molecule has 0 aromatic heterocycles. The van der Waals surface area contributed by atoms with Gasteiger partial charge in [0.2, 0.25) is 0 Å². The summed E-state index contributed by atoms with van der Waals surface area (Å²) in [4.78, 5) is 0. The summed E-state index contributed by atoms with van der Waals surface area (Å²) < 4.78 is 6.97. The van der Waals surface area contributed by atoms with Gasteiger partial charge in [-0.3, -0.25) is 0 Å². The molecule has 0 radical (unpaired) electrons. The molecule has 0 amide bonds. The predicted octanol–water partition coefficient (Wildman–Crippen LogP) is 5.71. The van der Waals surface area contributed by atoms with E-state index in [0.29, 0.717) is 11.3 Å². The van der Waals surface area contributed by atoms with Gasteiger partial charge in [0.1, 0.15) is 11.2 Å². The van der Waals surface area contributed by atoms with Gasteiger partial charge < -0.3 is 14.9 Å². The summed E-state index contributed by atoms with van der Waals surface area (Å²) in [7, 11) is 0. The minimum absolute atomic E-state index is 0.0238. The number of fused-ring (bicyclic) bond motifs is 2. The van der Waals surface area contributed by atoms with Gasteiger partial charge in [0, 0.05) is 11.8 Å². The molecular formula is C27H46O3. The van der Waals surface area contributed by atoms with E-state index in [9.17, 15) is 10.2 Å². The van der Waals surface area contributed by atoms with Crippen molar-refractivity contribution in [3.63, 3.8) is 0 Å². The van der Waals surface area contributed by atoms with E-state index in [4.69, 9.17) is 4.74 Å². The highest BCUT2D eigenvalue weighted by molar-refractivity contribution is 5.35. The Labute approximate surface area is 184 Å². The summed E-state index contributed by atoms with van der Waals surface area (Å²) in [6, 6.07) is 0. The van der Waals surface area contributed by atoms with Crippen molar-refractivity contribution in [2.75, 3.05) is 0 Å². The maximum atomic E-state index is 11.3. The summed E-state index contributed by atoms with van der Waals surface area (Å²) in [6.07, 6.45) is 12.1. The largest absolute Gasteiger partial charge is 0.393 e. The van der Waals surface area contributed by atoms with Crippen molar-refractivity contribution in [3.8, 4) is 0 Å². The molecule has 2 N–H and O–H groups in total. The molecule has 5 aliphatic rings. The Balaban J connectivity index is 1.39. The maximum absolute atomic E-state index is 11.3. The first-order valence-corrected chi connectivity index (χ1v) is 13.2. The second kappa shape index (κ2) is 6.94. The molecule has 10 unspecified atom stereocenters. The van der Waals surface area contributed by atoms with Crippen molar-refractivity contribution in [2.45, 2.75) is 129 Å². The summed E-state index contributed by atoms with van der Waals surface area (Å²) in [5.41, 5.74) is 0.296. The van der Waals surface area contributed by atoms with Crippen molar-refractivity contribution < 1.29 is 14.9 Å². The number of ether oxygens (including phenoxy) is 1. The lowest BCUT2D eigenvalue weighted by Crippen LogP contribution is -2.63. The van der Waals surface area contributed by atoms with E-state index in [0.717, 1.165) is 43.4 Å². The van der Waals surface area contributed by atoms with E-state index in [-0.39, 0.29) is 34.7 Å². The molecule has 0 aromatic rings. The second-order valence-corrected chi connectivity index (χ2v) is 13.1. The maximum Gasteiger partial charge on any atom is 0.104 e. The fourth-order valence-electron chi connectivity index (χ4n) is 9.81. The van der Waals surface area contributed by atoms with E-state index in [1.54, 1.807) is 0 Å². The normalized spacial score (nSPS) is 55.4. The third-order valence-corrected chi connectivity index (χ3v) is 11.4. The number of hydrogen-bond donors (Lipinski definition) is 2. The quantitative estimate of drug-likeness (QED) is 0.562. The van der Waals surface area contributed by atoms with Crippen LogP contribution in [0.25, 0.3) is 0 Å². The average Bonchev–Trinajstić information content (AvgIpc) is 3.23. The van der Waals surface area contributed by atoms with Gasteiger partial charge in [-0.25, -0.2) is 0 Å². The van der Waals surface area contributed by atoms with Crippen LogP contribution in [0.4, 0.5) is 0 Å². The molecule has 5 rings (SSSR count). The first kappa shape index (κ1) is 21.7. The van der Waals surface area contributed by atoms with Crippen LogP contribution in [0.1, 0.15) is 105 Å². The molecule has 3 nitrogen and oxygen atoms in total. The minimum Gasteiger partial charge on any atom is -0.393 e. The zero-order valence-corrected chi connectivity index (χ0v) is 20.1. The lowest BCUT2D eigenvalue weighted by Gasteiger charge is -2.58. The Bertz CT molecular complexity index is 677. The fourth-order valence-corrected chi connectivity index (χ4v) is 9.81. The lowest BCUT2D eigenvalue weighted by atomic mass is 9.43. The first-order chi connectivity index (χ1) is 14.1.